The van der Waals surface area contributed by atoms with E-state index < -0.39 is 10.0 Å². The SMILES string of the molecule is CN1CCC[C@@H]1Cc1cn(S(=O)(=O)c2cccc(N3CC[C@H](O)C3)c2)c2cccnc12. The van der Waals surface area contributed by atoms with Crippen molar-refractivity contribution >= 4 is 26.7 Å². The fraction of sp³-hybridized carbons (Fsp3) is 0.435. The number of hydrogen-bond acceptors (Lipinski definition) is 6. The number of nitrogens with zero attached hydrogens (tertiary/aromatic N) is 4. The van der Waals surface area contributed by atoms with Crippen LogP contribution in [0.1, 0.15) is 24.8 Å². The molecule has 8 heteroatoms. The van der Waals surface area contributed by atoms with Crippen LogP contribution in [0, 0.1) is 0 Å². The summed E-state index contributed by atoms with van der Waals surface area (Å²) >= 11 is 0. The van der Waals surface area contributed by atoms with Crippen LogP contribution in [-0.2, 0) is 16.4 Å². The molecule has 0 amide bonds. The molecule has 2 aromatic heterocycles. The molecular weight excluding hydrogens is 412 g/mol. The number of aliphatic hydroxyl groups is 1. The number of aliphatic hydroxyl groups excluding tert-OH is 1. The van der Waals surface area contributed by atoms with Gasteiger partial charge in [-0.1, -0.05) is 6.07 Å². The molecule has 0 aliphatic carbocycles. The van der Waals surface area contributed by atoms with E-state index in [1.807, 2.05) is 17.0 Å². The molecule has 4 heterocycles. The van der Waals surface area contributed by atoms with Crippen LogP contribution in [0.4, 0.5) is 5.69 Å². The van der Waals surface area contributed by atoms with Crippen molar-refractivity contribution in [2.75, 3.05) is 31.6 Å². The van der Waals surface area contributed by atoms with Crippen molar-refractivity contribution in [2.45, 2.75) is 42.7 Å². The Morgan fingerprint density at radius 2 is 2.03 bits per heavy atom. The Hall–Kier alpha value is -2.42. The summed E-state index contributed by atoms with van der Waals surface area (Å²) in [6.07, 6.45) is 6.89. The Kier molecular flexibility index (Phi) is 5.24. The second-order valence-electron chi connectivity index (χ2n) is 8.69. The van der Waals surface area contributed by atoms with E-state index in [9.17, 15) is 13.5 Å². The molecular formula is C23H28N4O3S. The number of likely N-dealkylation sites (tertiary alicyclic amines) is 1. The number of anilines is 1. The molecule has 31 heavy (non-hydrogen) atoms. The Morgan fingerprint density at radius 3 is 2.77 bits per heavy atom. The van der Waals surface area contributed by atoms with Crippen molar-refractivity contribution in [3.8, 4) is 0 Å². The number of benzene rings is 1. The molecule has 7 nitrogen and oxygen atoms in total. The summed E-state index contributed by atoms with van der Waals surface area (Å²) in [4.78, 5) is 9.14. The van der Waals surface area contributed by atoms with Crippen LogP contribution in [0.5, 0.6) is 0 Å². The van der Waals surface area contributed by atoms with E-state index >= 15 is 0 Å². The number of fused-ring (bicyclic) bond motifs is 1. The lowest BCUT2D eigenvalue weighted by molar-refractivity contribution is 0.198. The summed E-state index contributed by atoms with van der Waals surface area (Å²) in [5.41, 5.74) is 3.15. The molecule has 0 bridgehead atoms. The molecule has 164 valence electrons. The van der Waals surface area contributed by atoms with Gasteiger partial charge in [0.1, 0.15) is 0 Å². The van der Waals surface area contributed by atoms with Crippen LogP contribution in [0.25, 0.3) is 11.0 Å². The van der Waals surface area contributed by atoms with E-state index in [2.05, 4.69) is 16.9 Å². The lowest BCUT2D eigenvalue weighted by atomic mass is 10.1. The van der Waals surface area contributed by atoms with E-state index in [1.165, 1.54) is 10.4 Å². The zero-order chi connectivity index (χ0) is 21.6. The standard InChI is InChI=1S/C23H28N4O3S/c1-25-11-4-6-18(25)13-17-15-27(22-8-3-10-24-23(17)22)31(29,30)21-7-2-5-19(14-21)26-12-9-20(28)16-26/h2-3,5,7-8,10,14-15,18,20,28H,4,6,9,11-13,16H2,1H3/t18-,20+/m1/s1. The molecule has 0 radical (unpaired) electrons. The van der Waals surface area contributed by atoms with Crippen LogP contribution in [0.2, 0.25) is 0 Å². The maximum atomic E-state index is 13.7. The second-order valence-corrected chi connectivity index (χ2v) is 10.5. The maximum absolute atomic E-state index is 13.7. The smallest absolute Gasteiger partial charge is 0.268 e. The molecule has 0 spiro atoms. The van der Waals surface area contributed by atoms with Gasteiger partial charge in [-0.15, -0.1) is 0 Å². The highest BCUT2D eigenvalue weighted by Crippen LogP contribution is 2.30. The van der Waals surface area contributed by atoms with Crippen molar-refractivity contribution in [3.05, 3.63) is 54.4 Å². The lowest BCUT2D eigenvalue weighted by Gasteiger charge is -2.19. The summed E-state index contributed by atoms with van der Waals surface area (Å²) in [5, 5.41) is 9.85. The van der Waals surface area contributed by atoms with Crippen LogP contribution < -0.4 is 4.90 Å². The highest BCUT2D eigenvalue weighted by atomic mass is 32.2. The fourth-order valence-electron chi connectivity index (χ4n) is 4.86. The van der Waals surface area contributed by atoms with Crippen molar-refractivity contribution < 1.29 is 13.5 Å². The number of aromatic nitrogens is 2. The van der Waals surface area contributed by atoms with Crippen molar-refractivity contribution in [1.82, 2.24) is 13.9 Å². The van der Waals surface area contributed by atoms with Gasteiger partial charge in [-0.2, -0.15) is 0 Å². The molecule has 3 aromatic rings. The van der Waals surface area contributed by atoms with Crippen molar-refractivity contribution in [2.24, 2.45) is 0 Å². The minimum absolute atomic E-state index is 0.247. The second kappa shape index (κ2) is 7.93. The van der Waals surface area contributed by atoms with Crippen LogP contribution >= 0.6 is 0 Å². The number of pyridine rings is 1. The maximum Gasteiger partial charge on any atom is 0.268 e. The zero-order valence-corrected chi connectivity index (χ0v) is 18.5. The van der Waals surface area contributed by atoms with Gasteiger partial charge in [-0.3, -0.25) is 4.98 Å². The predicted octanol–water partition coefficient (Wildman–Crippen LogP) is 2.48. The molecule has 2 fully saturated rings. The normalized spacial score (nSPS) is 22.6. The topological polar surface area (TPSA) is 78.7 Å². The predicted molar refractivity (Wildman–Crippen MR) is 121 cm³/mol. The van der Waals surface area contributed by atoms with Crippen LogP contribution in [0.3, 0.4) is 0 Å². The number of β-amino-alcohol motifs (C(OH)–C–C–N with tert-alkyl or cyclic N) is 1. The van der Waals surface area contributed by atoms with Crippen LogP contribution in [0.15, 0.2) is 53.7 Å². The average molecular weight is 441 g/mol. The van der Waals surface area contributed by atoms with E-state index in [-0.39, 0.29) is 11.0 Å². The largest absolute Gasteiger partial charge is 0.391 e. The van der Waals surface area contributed by atoms with E-state index in [4.69, 9.17) is 0 Å². The highest BCUT2D eigenvalue weighted by Gasteiger charge is 2.27. The summed E-state index contributed by atoms with van der Waals surface area (Å²) in [5.74, 6) is 0. The first-order chi connectivity index (χ1) is 14.9. The summed E-state index contributed by atoms with van der Waals surface area (Å²) in [6.45, 7) is 2.33. The van der Waals surface area contributed by atoms with E-state index in [0.29, 0.717) is 24.5 Å². The monoisotopic (exact) mass is 440 g/mol. The molecule has 2 atom stereocenters. The quantitative estimate of drug-likeness (QED) is 0.657. The highest BCUT2D eigenvalue weighted by molar-refractivity contribution is 7.90. The minimum atomic E-state index is -3.78. The summed E-state index contributed by atoms with van der Waals surface area (Å²) < 4.78 is 28.7. The first kappa shape index (κ1) is 20.5. The van der Waals surface area contributed by atoms with Gasteiger partial charge in [0, 0.05) is 37.2 Å². The van der Waals surface area contributed by atoms with Gasteiger partial charge >= 0.3 is 0 Å². The number of likely N-dealkylation sites (N-methyl/N-ethyl adjacent to an activating group) is 1. The van der Waals surface area contributed by atoms with Crippen molar-refractivity contribution in [3.63, 3.8) is 0 Å². The first-order valence-corrected chi connectivity index (χ1v) is 12.3. The van der Waals surface area contributed by atoms with Gasteiger partial charge in [0.2, 0.25) is 0 Å². The van der Waals surface area contributed by atoms with E-state index in [1.54, 1.807) is 36.7 Å². The molecule has 0 unspecified atom stereocenters. The Morgan fingerprint density at radius 1 is 1.16 bits per heavy atom. The van der Waals surface area contributed by atoms with Gasteiger partial charge in [0.05, 0.1) is 22.0 Å². The average Bonchev–Trinajstić information content (AvgIpc) is 3.48. The summed E-state index contributed by atoms with van der Waals surface area (Å²) in [7, 11) is -1.66. The minimum Gasteiger partial charge on any atom is -0.391 e. The van der Waals surface area contributed by atoms with Gasteiger partial charge in [0.15, 0.2) is 0 Å². The molecule has 5 rings (SSSR count). The Bertz CT molecular complexity index is 1210. The van der Waals surface area contributed by atoms with Crippen molar-refractivity contribution in [1.29, 1.82) is 0 Å². The number of hydrogen-bond donors (Lipinski definition) is 1. The van der Waals surface area contributed by atoms with Gasteiger partial charge < -0.3 is 14.9 Å². The van der Waals surface area contributed by atoms with E-state index in [0.717, 1.165) is 42.7 Å². The molecule has 1 aromatic carbocycles. The zero-order valence-electron chi connectivity index (χ0n) is 17.7. The lowest BCUT2D eigenvalue weighted by Crippen LogP contribution is -2.26. The summed E-state index contributed by atoms with van der Waals surface area (Å²) in [6, 6.07) is 11.0. The third-order valence-electron chi connectivity index (χ3n) is 6.63. The molecule has 0 saturated carbocycles. The third-order valence-corrected chi connectivity index (χ3v) is 8.30. The van der Waals surface area contributed by atoms with Crippen LogP contribution in [-0.4, -0.2) is 66.2 Å². The Labute approximate surface area is 183 Å². The van der Waals surface area contributed by atoms with Gasteiger partial charge in [-0.25, -0.2) is 12.4 Å². The molecule has 1 N–H and O–H groups in total. The number of rotatable bonds is 5. The first-order valence-electron chi connectivity index (χ1n) is 10.9. The third kappa shape index (κ3) is 3.73. The molecule has 2 aliphatic rings. The molecule has 2 aliphatic heterocycles. The fourth-order valence-corrected chi connectivity index (χ4v) is 6.28. The van der Waals surface area contributed by atoms with Gasteiger partial charge in [-0.05, 0) is 75.2 Å². The Balaban J connectivity index is 1.54. The van der Waals surface area contributed by atoms with Gasteiger partial charge in [0.25, 0.3) is 10.0 Å². The molecule has 2 saturated heterocycles.